The summed E-state index contributed by atoms with van der Waals surface area (Å²) in [6.07, 6.45) is 0. The van der Waals surface area contributed by atoms with Crippen LogP contribution in [0.1, 0.15) is 33.4 Å². The molecule has 0 saturated carbocycles. The van der Waals surface area contributed by atoms with Gasteiger partial charge < -0.3 is 0 Å². The second kappa shape index (κ2) is 12.7. The van der Waals surface area contributed by atoms with E-state index >= 15 is 0 Å². The van der Waals surface area contributed by atoms with Crippen molar-refractivity contribution in [2.45, 2.75) is 41.5 Å². The average Bonchev–Trinajstić information content (AvgIpc) is 4.03. The van der Waals surface area contributed by atoms with E-state index in [1.807, 2.05) is 34.0 Å². The van der Waals surface area contributed by atoms with E-state index in [9.17, 15) is 0 Å². The van der Waals surface area contributed by atoms with Gasteiger partial charge in [-0.15, -0.1) is 34.0 Å². The molecule has 3 aromatic heterocycles. The van der Waals surface area contributed by atoms with Crippen LogP contribution in [0.4, 0.5) is 0 Å². The molecule has 0 amide bonds. The molecule has 0 fully saturated rings. The summed E-state index contributed by atoms with van der Waals surface area (Å²) < 4.78 is 0. The highest BCUT2D eigenvalue weighted by Crippen LogP contribution is 2.43. The molecule has 4 aromatic carbocycles. The molecule has 3 aliphatic rings. The van der Waals surface area contributed by atoms with Gasteiger partial charge in [-0.2, -0.15) is 0 Å². The fourth-order valence-electron chi connectivity index (χ4n) is 7.78. The van der Waals surface area contributed by atoms with Gasteiger partial charge in [0.2, 0.25) is 0 Å². The van der Waals surface area contributed by atoms with Crippen molar-refractivity contribution < 1.29 is 0 Å². The Balaban J connectivity index is 1.11. The Morgan fingerprint density at radius 3 is 0.889 bits per heavy atom. The maximum Gasteiger partial charge on any atom is 0.130 e. The molecular formula is C45H36N6S3. The second-order valence-electron chi connectivity index (χ2n) is 14.4. The van der Waals surface area contributed by atoms with Crippen molar-refractivity contribution in [3.05, 3.63) is 138 Å². The molecule has 0 atom stereocenters. The van der Waals surface area contributed by atoms with Crippen molar-refractivity contribution in [2.24, 2.45) is 30.0 Å². The normalized spacial score (nSPS) is 13.7. The SMILES string of the molecule is Cc1cc(-c2ccc(-c3cc(-c4ccc(-c5cc(C)c(C)c6c5=NCN=6)s4)cc(-c4ccc(-c5cc(C)c(C)c6c5=NCN=6)s4)c3)s2)c2c(c1C)=NCN=2. The van der Waals surface area contributed by atoms with Crippen LogP contribution in [0.15, 0.2) is 103 Å². The summed E-state index contributed by atoms with van der Waals surface area (Å²) >= 11 is 5.47. The Morgan fingerprint density at radius 1 is 0.333 bits per heavy atom. The molecule has 6 heterocycles. The molecule has 9 heteroatoms. The molecule has 0 unspecified atom stereocenters. The molecule has 0 N–H and O–H groups in total. The zero-order valence-electron chi connectivity index (χ0n) is 31.0. The Hall–Kier alpha value is -5.22. The van der Waals surface area contributed by atoms with Crippen LogP contribution in [-0.2, 0) is 0 Å². The third kappa shape index (κ3) is 5.32. The van der Waals surface area contributed by atoms with Crippen LogP contribution in [-0.4, -0.2) is 20.0 Å². The number of nitrogens with zero attached hydrogens (tertiary/aromatic N) is 6. The average molecular weight is 757 g/mol. The summed E-state index contributed by atoms with van der Waals surface area (Å²) in [4.78, 5) is 35.9. The highest BCUT2D eigenvalue weighted by atomic mass is 32.1. The summed E-state index contributed by atoms with van der Waals surface area (Å²) in [6, 6.07) is 27.5. The van der Waals surface area contributed by atoms with Gasteiger partial charge >= 0.3 is 0 Å². The predicted molar refractivity (Wildman–Crippen MR) is 223 cm³/mol. The van der Waals surface area contributed by atoms with E-state index in [1.165, 1.54) is 96.0 Å². The van der Waals surface area contributed by atoms with Gasteiger partial charge in [0.05, 0.1) is 32.1 Å². The van der Waals surface area contributed by atoms with Gasteiger partial charge in [0, 0.05) is 46.0 Å². The topological polar surface area (TPSA) is 74.2 Å². The predicted octanol–water partition coefficient (Wildman–Crippen LogP) is 8.35. The van der Waals surface area contributed by atoms with E-state index in [0.29, 0.717) is 20.0 Å². The molecule has 0 radical (unpaired) electrons. The molecular weight excluding hydrogens is 721 g/mol. The zero-order valence-corrected chi connectivity index (χ0v) is 33.4. The maximum atomic E-state index is 4.80. The lowest BCUT2D eigenvalue weighted by atomic mass is 10.0. The molecule has 0 aliphatic carbocycles. The van der Waals surface area contributed by atoms with Crippen molar-refractivity contribution >= 4 is 34.0 Å². The van der Waals surface area contributed by atoms with E-state index < -0.39 is 0 Å². The molecule has 7 aromatic rings. The van der Waals surface area contributed by atoms with Gasteiger partial charge in [0.15, 0.2) is 0 Å². The Labute approximate surface area is 324 Å². The number of hydrogen-bond donors (Lipinski definition) is 0. The third-order valence-electron chi connectivity index (χ3n) is 11.1. The maximum absolute atomic E-state index is 4.80. The molecule has 264 valence electrons. The van der Waals surface area contributed by atoms with Gasteiger partial charge in [-0.25, -0.2) is 0 Å². The van der Waals surface area contributed by atoms with Crippen molar-refractivity contribution in [2.75, 3.05) is 20.0 Å². The number of aryl methyl sites for hydroxylation is 3. The third-order valence-corrected chi connectivity index (χ3v) is 14.6. The minimum atomic E-state index is 0.503. The summed E-state index contributed by atoms with van der Waals surface area (Å²) in [5, 5.41) is 6.18. The van der Waals surface area contributed by atoms with Crippen LogP contribution >= 0.6 is 34.0 Å². The van der Waals surface area contributed by atoms with Crippen LogP contribution in [0, 0.1) is 41.5 Å². The van der Waals surface area contributed by atoms with Crippen molar-refractivity contribution in [1.82, 2.24) is 0 Å². The highest BCUT2D eigenvalue weighted by molar-refractivity contribution is 7.19. The first kappa shape index (κ1) is 33.4. The van der Waals surface area contributed by atoms with Crippen LogP contribution < -0.4 is 32.1 Å². The van der Waals surface area contributed by atoms with Crippen LogP contribution in [0.5, 0.6) is 0 Å². The first-order valence-corrected chi connectivity index (χ1v) is 20.6. The molecule has 0 bridgehead atoms. The van der Waals surface area contributed by atoms with Crippen molar-refractivity contribution in [3.63, 3.8) is 0 Å². The largest absolute Gasteiger partial charge is 0.259 e. The Bertz CT molecular complexity index is 2810. The van der Waals surface area contributed by atoms with E-state index in [0.717, 1.165) is 32.1 Å². The molecule has 6 nitrogen and oxygen atoms in total. The summed E-state index contributed by atoms with van der Waals surface area (Å²) in [5.74, 6) is 0. The lowest BCUT2D eigenvalue weighted by Crippen LogP contribution is -2.27. The molecule has 54 heavy (non-hydrogen) atoms. The number of fused-ring (bicyclic) bond motifs is 3. The summed E-state index contributed by atoms with van der Waals surface area (Å²) in [7, 11) is 0. The second-order valence-corrected chi connectivity index (χ2v) is 17.6. The minimum absolute atomic E-state index is 0.503. The Morgan fingerprint density at radius 2 is 0.593 bits per heavy atom. The van der Waals surface area contributed by atoms with Crippen molar-refractivity contribution in [1.29, 1.82) is 0 Å². The monoisotopic (exact) mass is 756 g/mol. The lowest BCUT2D eigenvalue weighted by molar-refractivity contribution is 1.05. The highest BCUT2D eigenvalue weighted by Gasteiger charge is 2.19. The quantitative estimate of drug-likeness (QED) is 0.164. The van der Waals surface area contributed by atoms with E-state index in [2.05, 4.69) is 114 Å². The molecule has 10 rings (SSSR count). The fourth-order valence-corrected chi connectivity index (χ4v) is 10.8. The first-order valence-electron chi connectivity index (χ1n) is 18.2. The number of thiophene rings is 3. The Kier molecular flexibility index (Phi) is 7.84. The van der Waals surface area contributed by atoms with E-state index in [-0.39, 0.29) is 0 Å². The zero-order chi connectivity index (χ0) is 36.8. The molecule has 0 saturated heterocycles. The van der Waals surface area contributed by atoms with Gasteiger partial charge in [-0.05, 0) is 164 Å². The van der Waals surface area contributed by atoms with Crippen LogP contribution in [0.3, 0.4) is 0 Å². The van der Waals surface area contributed by atoms with Gasteiger partial charge in [-0.1, -0.05) is 0 Å². The number of hydrogen-bond acceptors (Lipinski definition) is 9. The molecule has 3 aliphatic heterocycles. The smallest absolute Gasteiger partial charge is 0.130 e. The number of rotatable bonds is 6. The first-order chi connectivity index (χ1) is 26.2. The van der Waals surface area contributed by atoms with Crippen molar-refractivity contribution in [3.8, 4) is 62.6 Å². The lowest BCUT2D eigenvalue weighted by Gasteiger charge is -2.08. The van der Waals surface area contributed by atoms with Gasteiger partial charge in [-0.3, -0.25) is 30.0 Å². The van der Waals surface area contributed by atoms with E-state index in [4.69, 9.17) is 30.0 Å². The fraction of sp³-hybridized carbons (Fsp3) is 0.200. The van der Waals surface area contributed by atoms with Gasteiger partial charge in [0.25, 0.3) is 0 Å². The summed E-state index contributed by atoms with van der Waals surface area (Å²) in [5.41, 5.74) is 14.5. The minimum Gasteiger partial charge on any atom is -0.259 e. The van der Waals surface area contributed by atoms with E-state index in [1.54, 1.807) is 0 Å². The number of benzene rings is 4. The van der Waals surface area contributed by atoms with Crippen LogP contribution in [0.25, 0.3) is 62.6 Å². The standard InChI is InChI=1S/C45H36N6S3/c1-22-13-31(43-40(25(22)4)46-19-49-43)37-10-7-34(52-37)28-16-29(35-8-11-38(53-35)32-14-23(2)26(5)41-44(32)50-20-47-41)18-30(17-28)36-9-12-39(54-36)33-15-24(3)27(6)42-45(33)51-21-48-42/h7-18H,19-21H2,1-6H3. The van der Waals surface area contributed by atoms with Crippen LogP contribution in [0.2, 0.25) is 0 Å². The summed E-state index contributed by atoms with van der Waals surface area (Å²) in [6.45, 7) is 14.5. The molecule has 0 spiro atoms. The van der Waals surface area contributed by atoms with Gasteiger partial charge in [0.1, 0.15) is 20.0 Å².